The SMILES string of the molecule is CN(C)C(=c1c2cccc(n2)c2cccc(n2)c(=C(N(C)C)N(C)C)c2cccc(n2)c2cccc1n2)N(C)C. The van der Waals surface area contributed by atoms with E-state index in [1.165, 1.54) is 0 Å². The van der Waals surface area contributed by atoms with E-state index in [0.29, 0.717) is 0 Å². The fourth-order valence-electron chi connectivity index (χ4n) is 5.28. The number of rotatable bonds is 4. The molecule has 0 aliphatic rings. The van der Waals surface area contributed by atoms with E-state index in [0.717, 1.165) is 66.2 Å². The van der Waals surface area contributed by atoms with Gasteiger partial charge in [0, 0.05) is 56.4 Å². The largest absolute Gasteiger partial charge is 0.364 e. The highest BCUT2D eigenvalue weighted by Gasteiger charge is 2.11. The number of nitrogens with zero attached hydrogens (tertiary/aromatic N) is 8. The molecule has 0 aromatic carbocycles. The maximum absolute atomic E-state index is 5.16. The number of pyridine rings is 4. The van der Waals surface area contributed by atoms with Gasteiger partial charge < -0.3 is 19.6 Å². The topological polar surface area (TPSA) is 64.5 Å². The zero-order valence-corrected chi connectivity index (χ0v) is 24.5. The van der Waals surface area contributed by atoms with E-state index in [1.54, 1.807) is 0 Å². The standard InChI is InChI=1S/C32H36N8/c1-37(2)31(38(3)4)29-25-17-9-13-21(33-25)23-15-11-19-27(35-23)30(32(39(5)6)40(7)8)28-20-12-16-24(36-28)22-14-10-18-26(29)34-22/h9-20H,1-8H3. The van der Waals surface area contributed by atoms with Crippen LogP contribution in [0.2, 0.25) is 0 Å². The van der Waals surface area contributed by atoms with Crippen LogP contribution in [0.3, 0.4) is 0 Å². The van der Waals surface area contributed by atoms with Crippen LogP contribution in [0.4, 0.5) is 0 Å². The first kappa shape index (κ1) is 26.9. The normalized spacial score (nSPS) is 11.0. The summed E-state index contributed by atoms with van der Waals surface area (Å²) in [4.78, 5) is 29.0. The highest BCUT2D eigenvalue weighted by atomic mass is 15.3. The summed E-state index contributed by atoms with van der Waals surface area (Å²) in [6, 6.07) is 24.3. The van der Waals surface area contributed by atoms with E-state index < -0.39 is 0 Å². The summed E-state index contributed by atoms with van der Waals surface area (Å²) < 4.78 is 0. The fourth-order valence-corrected chi connectivity index (χ4v) is 5.28. The minimum Gasteiger partial charge on any atom is -0.364 e. The van der Waals surface area contributed by atoms with Crippen molar-refractivity contribution < 1.29 is 0 Å². The van der Waals surface area contributed by atoms with Crippen LogP contribution < -0.4 is 10.4 Å². The molecule has 0 saturated carbocycles. The van der Waals surface area contributed by atoms with Crippen LogP contribution >= 0.6 is 0 Å². The summed E-state index contributed by atoms with van der Waals surface area (Å²) >= 11 is 0. The first-order chi connectivity index (χ1) is 19.2. The van der Waals surface area contributed by atoms with Gasteiger partial charge in [-0.3, -0.25) is 0 Å². The molecule has 0 aliphatic heterocycles. The van der Waals surface area contributed by atoms with Gasteiger partial charge in [0.15, 0.2) is 0 Å². The second-order valence-corrected chi connectivity index (χ2v) is 10.6. The lowest BCUT2D eigenvalue weighted by atomic mass is 10.2. The van der Waals surface area contributed by atoms with Gasteiger partial charge in [-0.15, -0.1) is 0 Å². The Hall–Kier alpha value is -4.72. The predicted octanol–water partition coefficient (Wildman–Crippen LogP) is 3.38. The molecule has 0 amide bonds. The van der Waals surface area contributed by atoms with E-state index in [-0.39, 0.29) is 0 Å². The molecule has 5 heterocycles. The van der Waals surface area contributed by atoms with Crippen LogP contribution in [0.5, 0.6) is 0 Å². The molecule has 0 atom stereocenters. The van der Waals surface area contributed by atoms with Crippen molar-refractivity contribution in [2.45, 2.75) is 0 Å². The summed E-state index contributed by atoms with van der Waals surface area (Å²) in [6.07, 6.45) is 0. The molecular weight excluding hydrogens is 496 g/mol. The van der Waals surface area contributed by atoms with Gasteiger partial charge in [-0.25, -0.2) is 19.9 Å². The summed E-state index contributed by atoms with van der Waals surface area (Å²) in [5, 5.41) is 1.87. The van der Waals surface area contributed by atoms with Crippen LogP contribution in [-0.4, -0.2) is 95.9 Å². The lowest BCUT2D eigenvalue weighted by Gasteiger charge is -2.25. The van der Waals surface area contributed by atoms with Crippen LogP contribution in [0, 0.1) is 0 Å². The smallest absolute Gasteiger partial charge is 0.115 e. The van der Waals surface area contributed by atoms with Crippen molar-refractivity contribution in [1.29, 1.82) is 0 Å². The van der Waals surface area contributed by atoms with Crippen molar-refractivity contribution in [2.75, 3.05) is 56.4 Å². The molecule has 8 heteroatoms. The Labute approximate surface area is 234 Å². The Kier molecular flexibility index (Phi) is 7.26. The first-order valence-electron chi connectivity index (χ1n) is 13.2. The molecule has 0 unspecified atom stereocenters. The molecule has 0 spiro atoms. The van der Waals surface area contributed by atoms with Gasteiger partial charge >= 0.3 is 0 Å². The Morgan fingerprint density at radius 1 is 0.350 bits per heavy atom. The van der Waals surface area contributed by atoms with E-state index in [2.05, 4.69) is 19.6 Å². The fraction of sp³-hybridized carbons (Fsp3) is 0.250. The molecule has 0 N–H and O–H groups in total. The Bertz CT molecular complexity index is 1650. The maximum atomic E-state index is 5.16. The van der Waals surface area contributed by atoms with E-state index in [9.17, 15) is 0 Å². The van der Waals surface area contributed by atoms with Gasteiger partial charge in [0.25, 0.3) is 0 Å². The quantitative estimate of drug-likeness (QED) is 0.349. The predicted molar refractivity (Wildman–Crippen MR) is 166 cm³/mol. The third kappa shape index (κ3) is 5.00. The molecule has 8 bridgehead atoms. The van der Waals surface area contributed by atoms with Crippen LogP contribution in [0.15, 0.2) is 72.8 Å². The first-order valence-corrected chi connectivity index (χ1v) is 13.2. The summed E-state index contributed by atoms with van der Waals surface area (Å²) in [5.41, 5.74) is 6.45. The van der Waals surface area contributed by atoms with Crippen molar-refractivity contribution in [3.8, 4) is 0 Å². The van der Waals surface area contributed by atoms with E-state index in [1.807, 2.05) is 129 Å². The summed E-state index contributed by atoms with van der Waals surface area (Å²) in [5.74, 6) is 1.99. The molecule has 204 valence electrons. The zero-order chi connectivity index (χ0) is 28.6. The number of hydrogen-bond donors (Lipinski definition) is 0. The van der Waals surface area contributed by atoms with Crippen molar-refractivity contribution in [1.82, 2.24) is 39.5 Å². The van der Waals surface area contributed by atoms with Gasteiger partial charge in [0.05, 0.1) is 54.6 Å². The van der Waals surface area contributed by atoms with Crippen molar-refractivity contribution in [2.24, 2.45) is 0 Å². The van der Waals surface area contributed by atoms with Crippen molar-refractivity contribution in [3.05, 3.63) is 83.2 Å². The minimum atomic E-state index is 0.791. The maximum Gasteiger partial charge on any atom is 0.115 e. The van der Waals surface area contributed by atoms with Crippen LogP contribution in [-0.2, 0) is 0 Å². The minimum absolute atomic E-state index is 0.791. The Balaban J connectivity index is 2.20. The molecular formula is C32H36N8. The van der Waals surface area contributed by atoms with Gasteiger partial charge in [-0.2, -0.15) is 0 Å². The lowest BCUT2D eigenvalue weighted by Crippen LogP contribution is -2.31. The average Bonchev–Trinajstić information content (AvgIpc) is 2.93. The second-order valence-electron chi connectivity index (χ2n) is 10.6. The molecule has 5 aromatic rings. The zero-order valence-electron chi connectivity index (χ0n) is 24.5. The van der Waals surface area contributed by atoms with Crippen LogP contribution in [0.1, 0.15) is 0 Å². The van der Waals surface area contributed by atoms with Gasteiger partial charge in [-0.1, -0.05) is 24.3 Å². The highest BCUT2D eigenvalue weighted by Crippen LogP contribution is 2.14. The number of fused-ring (bicyclic) bond motifs is 10. The van der Waals surface area contributed by atoms with Gasteiger partial charge in [0.2, 0.25) is 0 Å². The number of hydrogen-bond acceptors (Lipinski definition) is 8. The van der Waals surface area contributed by atoms with Crippen molar-refractivity contribution >= 4 is 55.8 Å². The second kappa shape index (κ2) is 10.8. The van der Waals surface area contributed by atoms with Crippen molar-refractivity contribution in [3.63, 3.8) is 0 Å². The number of aromatic nitrogens is 4. The monoisotopic (exact) mass is 532 g/mol. The molecule has 8 nitrogen and oxygen atoms in total. The van der Waals surface area contributed by atoms with E-state index >= 15 is 0 Å². The molecule has 0 saturated heterocycles. The lowest BCUT2D eigenvalue weighted by molar-refractivity contribution is 0.432. The molecule has 5 aromatic heterocycles. The third-order valence-electron chi connectivity index (χ3n) is 6.69. The molecule has 0 fully saturated rings. The molecule has 0 radical (unpaired) electrons. The summed E-state index contributed by atoms with van der Waals surface area (Å²) in [6.45, 7) is 0. The van der Waals surface area contributed by atoms with Gasteiger partial charge in [0.1, 0.15) is 11.6 Å². The van der Waals surface area contributed by atoms with Crippen LogP contribution in [0.25, 0.3) is 55.8 Å². The highest BCUT2D eigenvalue weighted by molar-refractivity contribution is 5.83. The molecule has 40 heavy (non-hydrogen) atoms. The third-order valence-corrected chi connectivity index (χ3v) is 6.69. The molecule has 5 rings (SSSR count). The average molecular weight is 533 g/mol. The Morgan fingerprint density at radius 2 is 0.550 bits per heavy atom. The van der Waals surface area contributed by atoms with Gasteiger partial charge in [-0.05, 0) is 48.5 Å². The van der Waals surface area contributed by atoms with E-state index in [4.69, 9.17) is 19.9 Å². The Morgan fingerprint density at radius 3 is 0.750 bits per heavy atom. The molecule has 0 aliphatic carbocycles. The summed E-state index contributed by atoms with van der Waals surface area (Å²) in [7, 11) is 16.3.